The van der Waals surface area contributed by atoms with Crippen molar-refractivity contribution >= 4 is 11.5 Å². The summed E-state index contributed by atoms with van der Waals surface area (Å²) >= 11 is 0. The normalized spacial score (nSPS) is 18.7. The van der Waals surface area contributed by atoms with Gasteiger partial charge in [0.25, 0.3) is 0 Å². The summed E-state index contributed by atoms with van der Waals surface area (Å²) in [4.78, 5) is 11.9. The number of Topliss-reactive ketones (excluding diaryl/α,β-unsaturated/α-hetero) is 1. The standard InChI is InChI=1S/C17H23NO/c1-13(2)14-8-10-16(11-9-14)18-12-15-6-4-3-5-7-17(15)19/h8-13,18H,3-7H2,1-2H3/b15-12+. The Morgan fingerprint density at radius 2 is 1.74 bits per heavy atom. The Morgan fingerprint density at radius 1 is 1.05 bits per heavy atom. The topological polar surface area (TPSA) is 29.1 Å². The van der Waals surface area contributed by atoms with Crippen molar-refractivity contribution in [3.05, 3.63) is 41.6 Å². The lowest BCUT2D eigenvalue weighted by molar-refractivity contribution is -0.115. The zero-order valence-electron chi connectivity index (χ0n) is 11.9. The van der Waals surface area contributed by atoms with Crippen molar-refractivity contribution in [1.82, 2.24) is 0 Å². The monoisotopic (exact) mass is 257 g/mol. The third-order valence-electron chi connectivity index (χ3n) is 3.70. The van der Waals surface area contributed by atoms with Gasteiger partial charge in [-0.05, 0) is 42.9 Å². The second-order valence-electron chi connectivity index (χ2n) is 5.57. The van der Waals surface area contributed by atoms with Crippen molar-refractivity contribution in [3.63, 3.8) is 0 Å². The van der Waals surface area contributed by atoms with Gasteiger partial charge in [0, 0.05) is 23.9 Å². The molecule has 1 aromatic rings. The number of allylic oxidation sites excluding steroid dienone is 1. The Bertz CT molecular complexity index is 457. The molecule has 0 saturated heterocycles. The molecule has 0 amide bonds. The Kier molecular flexibility index (Phi) is 4.78. The molecule has 2 heteroatoms. The first kappa shape index (κ1) is 13.9. The number of carbonyl (C=O) groups excluding carboxylic acids is 1. The van der Waals surface area contributed by atoms with Gasteiger partial charge in [0.05, 0.1) is 0 Å². The van der Waals surface area contributed by atoms with Crippen LogP contribution in [-0.2, 0) is 4.79 Å². The molecule has 0 atom stereocenters. The molecule has 0 radical (unpaired) electrons. The molecule has 1 N–H and O–H groups in total. The van der Waals surface area contributed by atoms with Crippen molar-refractivity contribution < 1.29 is 4.79 Å². The fourth-order valence-electron chi connectivity index (χ4n) is 2.37. The lowest BCUT2D eigenvalue weighted by Gasteiger charge is -2.08. The van der Waals surface area contributed by atoms with Gasteiger partial charge in [-0.1, -0.05) is 32.4 Å². The lowest BCUT2D eigenvalue weighted by atomic mass is 10.0. The molecule has 1 aromatic carbocycles. The minimum Gasteiger partial charge on any atom is -0.361 e. The highest BCUT2D eigenvalue weighted by atomic mass is 16.1. The summed E-state index contributed by atoms with van der Waals surface area (Å²) in [5.74, 6) is 0.861. The molecule has 2 rings (SSSR count). The van der Waals surface area contributed by atoms with E-state index in [0.29, 0.717) is 18.1 Å². The largest absolute Gasteiger partial charge is 0.361 e. The number of carbonyl (C=O) groups is 1. The van der Waals surface area contributed by atoms with Crippen LogP contribution in [0.15, 0.2) is 36.0 Å². The number of hydrogen-bond acceptors (Lipinski definition) is 2. The first-order chi connectivity index (χ1) is 9.16. The summed E-state index contributed by atoms with van der Waals surface area (Å²) in [5.41, 5.74) is 3.34. The van der Waals surface area contributed by atoms with Crippen molar-refractivity contribution in [1.29, 1.82) is 0 Å². The molecule has 2 nitrogen and oxygen atoms in total. The van der Waals surface area contributed by atoms with Crippen LogP contribution in [0.5, 0.6) is 0 Å². The van der Waals surface area contributed by atoms with Crippen molar-refractivity contribution in [2.75, 3.05) is 5.32 Å². The fraction of sp³-hybridized carbons (Fsp3) is 0.471. The van der Waals surface area contributed by atoms with E-state index in [1.807, 2.05) is 6.20 Å². The maximum Gasteiger partial charge on any atom is 0.160 e. The zero-order chi connectivity index (χ0) is 13.7. The predicted molar refractivity (Wildman–Crippen MR) is 80.3 cm³/mol. The SMILES string of the molecule is CC(C)c1ccc(N/C=C2\CCCCCC2=O)cc1. The van der Waals surface area contributed by atoms with Crippen LogP contribution in [0.25, 0.3) is 0 Å². The van der Waals surface area contributed by atoms with E-state index in [0.717, 1.165) is 30.5 Å². The molecular formula is C17H23NO. The van der Waals surface area contributed by atoms with Crippen LogP contribution < -0.4 is 5.32 Å². The van der Waals surface area contributed by atoms with Gasteiger partial charge in [-0.15, -0.1) is 0 Å². The number of hydrogen-bond donors (Lipinski definition) is 1. The summed E-state index contributed by atoms with van der Waals surface area (Å²) in [6, 6.07) is 8.43. The predicted octanol–water partition coefficient (Wildman–Crippen LogP) is 4.64. The third-order valence-corrected chi connectivity index (χ3v) is 3.70. The average molecular weight is 257 g/mol. The Balaban J connectivity index is 2.02. The molecule has 1 aliphatic rings. The smallest absolute Gasteiger partial charge is 0.160 e. The molecule has 1 saturated carbocycles. The first-order valence-corrected chi connectivity index (χ1v) is 7.25. The Labute approximate surface area is 115 Å². The van der Waals surface area contributed by atoms with Crippen LogP contribution >= 0.6 is 0 Å². The van der Waals surface area contributed by atoms with Gasteiger partial charge in [0.15, 0.2) is 5.78 Å². The zero-order valence-corrected chi connectivity index (χ0v) is 11.9. The van der Waals surface area contributed by atoms with Crippen molar-refractivity contribution in [2.24, 2.45) is 0 Å². The van der Waals surface area contributed by atoms with E-state index < -0.39 is 0 Å². The Hall–Kier alpha value is -1.57. The average Bonchev–Trinajstić information content (AvgIpc) is 2.61. The van der Waals surface area contributed by atoms with Gasteiger partial charge < -0.3 is 5.32 Å². The van der Waals surface area contributed by atoms with Crippen LogP contribution in [0.2, 0.25) is 0 Å². The van der Waals surface area contributed by atoms with Crippen molar-refractivity contribution in [2.45, 2.75) is 51.9 Å². The molecule has 0 heterocycles. The lowest BCUT2D eigenvalue weighted by Crippen LogP contribution is -2.02. The van der Waals surface area contributed by atoms with E-state index in [1.165, 1.54) is 12.0 Å². The molecule has 1 aliphatic carbocycles. The molecule has 0 aliphatic heterocycles. The van der Waals surface area contributed by atoms with E-state index in [2.05, 4.69) is 43.4 Å². The Morgan fingerprint density at radius 3 is 2.42 bits per heavy atom. The van der Waals surface area contributed by atoms with Gasteiger partial charge >= 0.3 is 0 Å². The van der Waals surface area contributed by atoms with Crippen molar-refractivity contribution in [3.8, 4) is 0 Å². The molecular weight excluding hydrogens is 234 g/mol. The number of rotatable bonds is 3. The van der Waals surface area contributed by atoms with Gasteiger partial charge in [-0.25, -0.2) is 0 Å². The summed E-state index contributed by atoms with van der Waals surface area (Å²) < 4.78 is 0. The van der Waals surface area contributed by atoms with Gasteiger partial charge in [0.2, 0.25) is 0 Å². The van der Waals surface area contributed by atoms with Gasteiger partial charge in [0.1, 0.15) is 0 Å². The maximum absolute atomic E-state index is 11.9. The van der Waals surface area contributed by atoms with Gasteiger partial charge in [-0.2, -0.15) is 0 Å². The first-order valence-electron chi connectivity index (χ1n) is 7.25. The highest BCUT2D eigenvalue weighted by molar-refractivity contribution is 5.95. The molecule has 102 valence electrons. The molecule has 19 heavy (non-hydrogen) atoms. The summed E-state index contributed by atoms with van der Waals surface area (Å²) in [6.45, 7) is 4.38. The third kappa shape index (κ3) is 3.95. The molecule has 0 spiro atoms. The minimum atomic E-state index is 0.309. The maximum atomic E-state index is 11.9. The van der Waals surface area contributed by atoms with Crippen LogP contribution in [0.1, 0.15) is 57.4 Å². The highest BCUT2D eigenvalue weighted by Crippen LogP contribution is 2.21. The van der Waals surface area contributed by atoms with E-state index in [4.69, 9.17) is 0 Å². The van der Waals surface area contributed by atoms with E-state index in [-0.39, 0.29) is 0 Å². The van der Waals surface area contributed by atoms with Gasteiger partial charge in [-0.3, -0.25) is 4.79 Å². The second-order valence-corrected chi connectivity index (χ2v) is 5.57. The molecule has 0 bridgehead atoms. The number of benzene rings is 1. The number of nitrogens with one attached hydrogen (secondary N) is 1. The van der Waals surface area contributed by atoms with E-state index in [1.54, 1.807) is 0 Å². The fourth-order valence-corrected chi connectivity index (χ4v) is 2.37. The summed E-state index contributed by atoms with van der Waals surface area (Å²) in [5, 5.41) is 3.26. The second kappa shape index (κ2) is 6.55. The van der Waals surface area contributed by atoms with Crippen LogP contribution in [0, 0.1) is 0 Å². The van der Waals surface area contributed by atoms with Crippen LogP contribution in [0.4, 0.5) is 5.69 Å². The number of ketones is 1. The molecule has 1 fully saturated rings. The minimum absolute atomic E-state index is 0.309. The summed E-state index contributed by atoms with van der Waals surface area (Å²) in [7, 11) is 0. The highest BCUT2D eigenvalue weighted by Gasteiger charge is 2.12. The van der Waals surface area contributed by atoms with Crippen LogP contribution in [0.3, 0.4) is 0 Å². The van der Waals surface area contributed by atoms with Crippen LogP contribution in [-0.4, -0.2) is 5.78 Å². The molecule has 0 aromatic heterocycles. The van der Waals surface area contributed by atoms with E-state index >= 15 is 0 Å². The van der Waals surface area contributed by atoms with E-state index in [9.17, 15) is 4.79 Å². The quantitative estimate of drug-likeness (QED) is 0.631. The number of anilines is 1. The molecule has 0 unspecified atom stereocenters. The summed E-state index contributed by atoms with van der Waals surface area (Å²) in [6.07, 6.45) is 6.87.